The van der Waals surface area contributed by atoms with Gasteiger partial charge in [-0.1, -0.05) is 11.6 Å². The molecule has 0 fully saturated rings. The van der Waals surface area contributed by atoms with Crippen molar-refractivity contribution in [1.82, 2.24) is 9.55 Å². The lowest BCUT2D eigenvalue weighted by Gasteiger charge is -2.23. The van der Waals surface area contributed by atoms with E-state index in [0.29, 0.717) is 40.4 Å². The molecular weight excluding hydrogens is 612 g/mol. The minimum absolute atomic E-state index is 0.00522. The van der Waals surface area contributed by atoms with Crippen LogP contribution in [0.5, 0.6) is 34.5 Å². The van der Waals surface area contributed by atoms with E-state index in [1.54, 1.807) is 13.0 Å². The predicted octanol–water partition coefficient (Wildman–Crippen LogP) is 6.54. The SMILES string of the molecule is CCOc1ccn(-c2ccc(F)cc2)c(=O)c1C(=O)Nc1cc(F)c(Oc2ccnc3cc(OC)c4c(c23)OCCO4)cc1Cl. The van der Waals surface area contributed by atoms with E-state index >= 15 is 4.39 Å². The van der Waals surface area contributed by atoms with Gasteiger partial charge in [-0.3, -0.25) is 19.1 Å². The van der Waals surface area contributed by atoms with Crippen LogP contribution in [0.2, 0.25) is 5.02 Å². The number of anilines is 1. The Bertz CT molecular complexity index is 2000. The number of halogens is 3. The predicted molar refractivity (Wildman–Crippen MR) is 162 cm³/mol. The summed E-state index contributed by atoms with van der Waals surface area (Å²) in [4.78, 5) is 31.2. The quantitative estimate of drug-likeness (QED) is 0.205. The van der Waals surface area contributed by atoms with Crippen molar-refractivity contribution in [3.8, 4) is 40.2 Å². The molecule has 3 heterocycles. The summed E-state index contributed by atoms with van der Waals surface area (Å²) in [6, 6.07) is 11.9. The van der Waals surface area contributed by atoms with Crippen molar-refractivity contribution >= 4 is 34.1 Å². The van der Waals surface area contributed by atoms with Crippen LogP contribution in [0.25, 0.3) is 16.6 Å². The molecule has 0 saturated heterocycles. The van der Waals surface area contributed by atoms with Crippen LogP contribution in [0.3, 0.4) is 0 Å². The second-order valence-electron chi connectivity index (χ2n) is 9.60. The first-order valence-corrected chi connectivity index (χ1v) is 14.0. The number of carbonyl (C=O) groups excluding carboxylic acids is 1. The van der Waals surface area contributed by atoms with Crippen LogP contribution in [0.4, 0.5) is 14.5 Å². The van der Waals surface area contributed by atoms with Crippen LogP contribution < -0.4 is 34.6 Å². The molecule has 13 heteroatoms. The number of nitrogens with zero attached hydrogens (tertiary/aromatic N) is 2. The number of hydrogen-bond donors (Lipinski definition) is 1. The fourth-order valence-corrected chi connectivity index (χ4v) is 5.03. The molecule has 0 unspecified atom stereocenters. The van der Waals surface area contributed by atoms with Gasteiger partial charge in [0.2, 0.25) is 5.75 Å². The topological polar surface area (TPSA) is 110 Å². The van der Waals surface area contributed by atoms with Crippen LogP contribution in [0, 0.1) is 11.6 Å². The Kier molecular flexibility index (Phi) is 8.14. The van der Waals surface area contributed by atoms with E-state index in [1.807, 2.05) is 0 Å². The number of hydrogen-bond acceptors (Lipinski definition) is 8. The smallest absolute Gasteiger partial charge is 0.271 e. The molecule has 0 radical (unpaired) electrons. The lowest BCUT2D eigenvalue weighted by Crippen LogP contribution is -2.29. The van der Waals surface area contributed by atoms with E-state index < -0.39 is 23.1 Å². The zero-order valence-electron chi connectivity index (χ0n) is 23.9. The molecule has 0 spiro atoms. The third kappa shape index (κ3) is 5.67. The van der Waals surface area contributed by atoms with Gasteiger partial charge < -0.3 is 29.0 Å². The lowest BCUT2D eigenvalue weighted by atomic mass is 10.1. The van der Waals surface area contributed by atoms with Crippen molar-refractivity contribution in [2.75, 3.05) is 32.2 Å². The van der Waals surface area contributed by atoms with Gasteiger partial charge in [0.15, 0.2) is 23.1 Å². The molecule has 0 bridgehead atoms. The minimum atomic E-state index is -0.896. The van der Waals surface area contributed by atoms with Gasteiger partial charge in [-0.2, -0.15) is 0 Å². The number of benzene rings is 3. The van der Waals surface area contributed by atoms with Gasteiger partial charge in [-0.05, 0) is 43.3 Å². The highest BCUT2D eigenvalue weighted by atomic mass is 35.5. The molecule has 3 aromatic carbocycles. The van der Waals surface area contributed by atoms with Crippen LogP contribution in [-0.4, -0.2) is 42.4 Å². The molecule has 0 aliphatic carbocycles. The summed E-state index contributed by atoms with van der Waals surface area (Å²) < 4.78 is 58.6. The van der Waals surface area contributed by atoms with E-state index in [-0.39, 0.29) is 46.7 Å². The molecule has 230 valence electrons. The Hall–Kier alpha value is -5.36. The third-order valence-electron chi connectivity index (χ3n) is 6.84. The monoisotopic (exact) mass is 635 g/mol. The number of nitrogens with one attached hydrogen (secondary N) is 1. The van der Waals surface area contributed by atoms with Gasteiger partial charge in [0, 0.05) is 36.3 Å². The van der Waals surface area contributed by atoms with Gasteiger partial charge in [0.05, 0.1) is 35.3 Å². The van der Waals surface area contributed by atoms with E-state index in [1.165, 1.54) is 62.0 Å². The Balaban J connectivity index is 1.33. The van der Waals surface area contributed by atoms with Crippen molar-refractivity contribution in [3.63, 3.8) is 0 Å². The van der Waals surface area contributed by atoms with E-state index in [9.17, 15) is 14.0 Å². The van der Waals surface area contributed by atoms with Gasteiger partial charge in [0.1, 0.15) is 36.1 Å². The number of ether oxygens (including phenoxy) is 5. The molecule has 1 aliphatic heterocycles. The second kappa shape index (κ2) is 12.3. The summed E-state index contributed by atoms with van der Waals surface area (Å²) in [5.74, 6) is -1.14. The molecule has 6 rings (SSSR count). The molecule has 10 nitrogen and oxygen atoms in total. The largest absolute Gasteiger partial charge is 0.493 e. The fourth-order valence-electron chi connectivity index (χ4n) is 4.83. The molecule has 1 amide bonds. The minimum Gasteiger partial charge on any atom is -0.493 e. The average molecular weight is 636 g/mol. The van der Waals surface area contributed by atoms with Gasteiger partial charge in [-0.15, -0.1) is 0 Å². The summed E-state index contributed by atoms with van der Waals surface area (Å²) >= 11 is 6.47. The second-order valence-corrected chi connectivity index (χ2v) is 10.0. The van der Waals surface area contributed by atoms with Crippen LogP contribution in [0.1, 0.15) is 17.3 Å². The van der Waals surface area contributed by atoms with Gasteiger partial charge >= 0.3 is 0 Å². The zero-order chi connectivity index (χ0) is 31.7. The van der Waals surface area contributed by atoms with Gasteiger partial charge in [-0.25, -0.2) is 8.78 Å². The maximum absolute atomic E-state index is 15.5. The van der Waals surface area contributed by atoms with E-state index in [0.717, 1.165) is 10.6 Å². The lowest BCUT2D eigenvalue weighted by molar-refractivity contribution is 0.102. The number of rotatable bonds is 8. The van der Waals surface area contributed by atoms with Gasteiger partial charge in [0.25, 0.3) is 11.5 Å². The normalized spacial score (nSPS) is 12.1. The maximum atomic E-state index is 15.5. The highest BCUT2D eigenvalue weighted by molar-refractivity contribution is 6.34. The molecule has 1 N–H and O–H groups in total. The fraction of sp³-hybridized carbons (Fsp3) is 0.156. The molecular formula is C32H24ClF2N3O7. The Morgan fingerprint density at radius 2 is 1.76 bits per heavy atom. The molecule has 0 saturated carbocycles. The molecule has 2 aromatic heterocycles. The molecule has 0 atom stereocenters. The first-order valence-electron chi connectivity index (χ1n) is 13.7. The number of fused-ring (bicyclic) bond motifs is 3. The Morgan fingerprint density at radius 1 is 1.00 bits per heavy atom. The van der Waals surface area contributed by atoms with E-state index in [2.05, 4.69) is 10.3 Å². The number of aromatic nitrogens is 2. The van der Waals surface area contributed by atoms with Crippen molar-refractivity contribution in [1.29, 1.82) is 0 Å². The summed E-state index contributed by atoms with van der Waals surface area (Å²) in [5.41, 5.74) is -0.430. The number of methoxy groups -OCH3 is 1. The first-order chi connectivity index (χ1) is 21.8. The number of pyridine rings is 2. The molecule has 5 aromatic rings. The number of amides is 1. The zero-order valence-corrected chi connectivity index (χ0v) is 24.6. The van der Waals surface area contributed by atoms with Crippen molar-refractivity contribution < 1.29 is 37.3 Å². The van der Waals surface area contributed by atoms with E-state index in [4.69, 9.17) is 35.3 Å². The Labute approximate surface area is 259 Å². The summed E-state index contributed by atoms with van der Waals surface area (Å²) in [6.07, 6.45) is 2.89. The highest BCUT2D eigenvalue weighted by Gasteiger charge is 2.26. The van der Waals surface area contributed by atoms with Crippen LogP contribution in [-0.2, 0) is 0 Å². The van der Waals surface area contributed by atoms with Crippen molar-refractivity contribution in [3.05, 3.63) is 99.6 Å². The third-order valence-corrected chi connectivity index (χ3v) is 7.15. The van der Waals surface area contributed by atoms with Crippen molar-refractivity contribution in [2.45, 2.75) is 6.92 Å². The average Bonchev–Trinajstić information content (AvgIpc) is 3.03. The van der Waals surface area contributed by atoms with Crippen LogP contribution >= 0.6 is 11.6 Å². The number of carbonyl (C=O) groups is 1. The maximum Gasteiger partial charge on any atom is 0.271 e. The summed E-state index contributed by atoms with van der Waals surface area (Å²) in [5, 5.41) is 2.85. The molecule has 1 aliphatic rings. The first kappa shape index (κ1) is 29.7. The Morgan fingerprint density at radius 3 is 2.49 bits per heavy atom. The summed E-state index contributed by atoms with van der Waals surface area (Å²) in [7, 11) is 1.49. The van der Waals surface area contributed by atoms with Crippen molar-refractivity contribution in [2.24, 2.45) is 0 Å². The van der Waals surface area contributed by atoms with Crippen LogP contribution in [0.15, 0.2) is 71.8 Å². The standard InChI is InChI=1S/C32H24ClF2N3O7/c1-3-42-23-9-11-38(18-6-4-17(34)5-7-18)32(40)28(23)31(39)37-21-15-20(35)25(14-19(21)33)45-24-8-10-36-22-16-26(41-2)29-30(27(22)24)44-13-12-43-29/h4-11,14-16H,3,12-13H2,1-2H3,(H,37,39). The highest BCUT2D eigenvalue weighted by Crippen LogP contribution is 2.48. The summed E-state index contributed by atoms with van der Waals surface area (Å²) in [6.45, 7) is 2.45. The molecule has 45 heavy (non-hydrogen) atoms.